The van der Waals surface area contributed by atoms with Gasteiger partial charge in [0.25, 0.3) is 0 Å². The lowest BCUT2D eigenvalue weighted by Gasteiger charge is -2.42. The first kappa shape index (κ1) is 20.3. The maximum atomic E-state index is 13.6. The molecule has 11 heteroatoms. The first-order chi connectivity index (χ1) is 12.7. The van der Waals surface area contributed by atoms with Crippen LogP contribution in [-0.2, 0) is 16.1 Å². The number of nitrogens with zero attached hydrogens (tertiary/aromatic N) is 1. The topological polar surface area (TPSA) is 83.3 Å². The molecule has 27 heavy (non-hydrogen) atoms. The van der Waals surface area contributed by atoms with Crippen LogP contribution in [0.25, 0.3) is 0 Å². The van der Waals surface area contributed by atoms with E-state index in [0.717, 1.165) is 23.9 Å². The number of nitrogens with one attached hydrogen (secondary N) is 1. The average Bonchev–Trinajstić information content (AvgIpc) is 3.01. The molecule has 6 nitrogen and oxygen atoms in total. The van der Waals surface area contributed by atoms with Crippen molar-refractivity contribution < 1.29 is 37.2 Å². The maximum absolute atomic E-state index is 13.6. The molecule has 3 rings (SSSR count). The molecule has 2 aliphatic rings. The van der Waals surface area contributed by atoms with Gasteiger partial charge in [-0.1, -0.05) is 23.9 Å². The highest BCUT2D eigenvalue weighted by molar-refractivity contribution is 8.14. The third-order valence-corrected chi connectivity index (χ3v) is 5.46. The number of fused-ring (bicyclic) bond motifs is 1. The summed E-state index contributed by atoms with van der Waals surface area (Å²) in [7, 11) is 1.48. The fraction of sp³-hybridized carbons (Fsp3) is 0.562. The first-order valence-electron chi connectivity index (χ1n) is 8.05. The molecule has 2 heterocycles. The van der Waals surface area contributed by atoms with Gasteiger partial charge in [-0.15, -0.1) is 0 Å². The molecule has 1 aromatic carbocycles. The van der Waals surface area contributed by atoms with E-state index < -0.39 is 54.5 Å². The van der Waals surface area contributed by atoms with Gasteiger partial charge in [0.05, 0.1) is 12.6 Å². The van der Waals surface area contributed by atoms with Crippen molar-refractivity contribution in [1.82, 2.24) is 5.32 Å². The number of hydrogen-bond donors (Lipinski definition) is 3. The first-order valence-corrected chi connectivity index (χ1v) is 8.93. The van der Waals surface area contributed by atoms with Gasteiger partial charge in [-0.3, -0.25) is 4.99 Å². The van der Waals surface area contributed by atoms with Crippen molar-refractivity contribution in [2.45, 2.75) is 48.7 Å². The molecular weight excluding hydrogens is 392 g/mol. The number of ether oxygens (including phenoxy) is 2. The predicted octanol–water partition coefficient (Wildman–Crippen LogP) is 1.41. The summed E-state index contributed by atoms with van der Waals surface area (Å²) in [5.74, 6) is -0.605. The Labute approximate surface area is 156 Å². The van der Waals surface area contributed by atoms with E-state index in [-0.39, 0.29) is 5.56 Å². The summed E-state index contributed by atoms with van der Waals surface area (Å²) in [5, 5.41) is 23.6. The van der Waals surface area contributed by atoms with E-state index in [0.29, 0.717) is 5.17 Å². The Bertz CT molecular complexity index is 705. The summed E-state index contributed by atoms with van der Waals surface area (Å²) >= 11 is 1.02. The number of hydrogen-bond acceptors (Lipinski definition) is 6. The van der Waals surface area contributed by atoms with Gasteiger partial charge in [0.15, 0.2) is 11.3 Å². The molecule has 150 valence electrons. The minimum atomic E-state index is -4.87. The Kier molecular flexibility index (Phi) is 5.96. The Morgan fingerprint density at radius 3 is 2.70 bits per heavy atom. The third-order valence-electron chi connectivity index (χ3n) is 4.30. The van der Waals surface area contributed by atoms with Gasteiger partial charge in [0.2, 0.25) is 0 Å². The monoisotopic (exact) mass is 410 g/mol. The van der Waals surface area contributed by atoms with Gasteiger partial charge < -0.3 is 25.0 Å². The molecule has 0 spiro atoms. The van der Waals surface area contributed by atoms with Gasteiger partial charge in [-0.05, 0) is 17.7 Å². The van der Waals surface area contributed by atoms with Gasteiger partial charge in [-0.2, -0.15) is 13.2 Å². The molecule has 0 saturated carbocycles. The van der Waals surface area contributed by atoms with Crippen LogP contribution in [0, 0.1) is 5.82 Å². The standard InChI is InChI=1S/C16H18F4N2O4S/c1-21-15-22-9-10(23)11(24)12(26-14(9)27-15)13(16(18,19)20)25-6-7-3-2-4-8(17)5-7/h2-5,9-14,23-24H,6H2,1H3,(H,21,22). The SMILES string of the molecule is CN=C1NC2C(OC(C(OCc3cccc(F)c3)C(F)(F)F)C(O)C2O)S1. The molecule has 1 aromatic rings. The van der Waals surface area contributed by atoms with Crippen LogP contribution >= 0.6 is 11.8 Å². The number of alkyl halides is 3. The number of aliphatic imine (C=N–C) groups is 1. The number of rotatable bonds is 4. The Morgan fingerprint density at radius 1 is 1.33 bits per heavy atom. The van der Waals surface area contributed by atoms with E-state index in [9.17, 15) is 27.8 Å². The van der Waals surface area contributed by atoms with Crippen LogP contribution in [0.4, 0.5) is 17.6 Å². The van der Waals surface area contributed by atoms with Crippen molar-refractivity contribution >= 4 is 16.9 Å². The lowest BCUT2D eigenvalue weighted by molar-refractivity contribution is -0.287. The molecule has 2 saturated heterocycles. The van der Waals surface area contributed by atoms with Crippen LogP contribution in [-0.4, -0.2) is 64.5 Å². The van der Waals surface area contributed by atoms with Crippen molar-refractivity contribution in [3.05, 3.63) is 35.6 Å². The van der Waals surface area contributed by atoms with Crippen molar-refractivity contribution in [1.29, 1.82) is 0 Å². The second-order valence-corrected chi connectivity index (χ2v) is 7.26. The predicted molar refractivity (Wildman–Crippen MR) is 89.6 cm³/mol. The molecule has 6 atom stereocenters. The normalized spacial score (nSPS) is 33.6. The summed E-state index contributed by atoms with van der Waals surface area (Å²) in [5.41, 5.74) is -0.667. The lowest BCUT2D eigenvalue weighted by Crippen LogP contribution is -2.63. The van der Waals surface area contributed by atoms with Crippen molar-refractivity contribution in [3.8, 4) is 0 Å². The van der Waals surface area contributed by atoms with Gasteiger partial charge in [0, 0.05) is 7.05 Å². The quantitative estimate of drug-likeness (QED) is 0.652. The van der Waals surface area contributed by atoms with Crippen LogP contribution in [0.3, 0.4) is 0 Å². The largest absolute Gasteiger partial charge is 0.417 e. The molecule has 0 radical (unpaired) electrons. The van der Waals surface area contributed by atoms with Crippen LogP contribution in [0.1, 0.15) is 5.56 Å². The highest BCUT2D eigenvalue weighted by atomic mass is 32.2. The van der Waals surface area contributed by atoms with E-state index in [1.54, 1.807) is 0 Å². The average molecular weight is 410 g/mol. The summed E-state index contributed by atoms with van der Waals surface area (Å²) in [6.07, 6.45) is -12.6. The number of benzene rings is 1. The smallest absolute Gasteiger partial charge is 0.388 e. The zero-order valence-corrected chi connectivity index (χ0v) is 14.9. The molecule has 6 unspecified atom stereocenters. The lowest BCUT2D eigenvalue weighted by atomic mass is 9.94. The molecular formula is C16H18F4N2O4S. The van der Waals surface area contributed by atoms with E-state index in [4.69, 9.17) is 9.47 Å². The van der Waals surface area contributed by atoms with Gasteiger partial charge in [0.1, 0.15) is 29.6 Å². The fourth-order valence-electron chi connectivity index (χ4n) is 2.98. The number of aliphatic hydroxyl groups excluding tert-OH is 2. The second-order valence-electron chi connectivity index (χ2n) is 6.17. The number of thioether (sulfide) groups is 1. The van der Waals surface area contributed by atoms with Crippen molar-refractivity contribution in [3.63, 3.8) is 0 Å². The highest BCUT2D eigenvalue weighted by Gasteiger charge is 2.57. The summed E-state index contributed by atoms with van der Waals surface area (Å²) in [4.78, 5) is 3.88. The zero-order valence-electron chi connectivity index (χ0n) is 14.1. The summed E-state index contributed by atoms with van der Waals surface area (Å²) in [6.45, 7) is -0.536. The van der Waals surface area contributed by atoms with E-state index in [1.807, 2.05) is 0 Å². The molecule has 0 bridgehead atoms. The minimum absolute atomic E-state index is 0.199. The molecule has 3 N–H and O–H groups in total. The zero-order chi connectivity index (χ0) is 19.8. The summed E-state index contributed by atoms with van der Waals surface area (Å²) in [6, 6.07) is 4.19. The Hall–Kier alpha value is -1.40. The second kappa shape index (κ2) is 7.92. The van der Waals surface area contributed by atoms with Crippen LogP contribution in [0.2, 0.25) is 0 Å². The minimum Gasteiger partial charge on any atom is -0.388 e. The van der Waals surface area contributed by atoms with E-state index in [2.05, 4.69) is 10.3 Å². The molecule has 0 aliphatic carbocycles. The molecule has 2 aliphatic heterocycles. The van der Waals surface area contributed by atoms with Gasteiger partial charge in [-0.25, -0.2) is 4.39 Å². The Balaban J connectivity index is 1.78. The molecule has 0 amide bonds. The molecule has 0 aromatic heterocycles. The number of aliphatic hydroxyl groups is 2. The van der Waals surface area contributed by atoms with Crippen molar-refractivity contribution in [2.24, 2.45) is 4.99 Å². The third kappa shape index (κ3) is 4.37. The number of halogens is 4. The maximum Gasteiger partial charge on any atom is 0.417 e. The fourth-order valence-corrected chi connectivity index (χ4v) is 4.07. The van der Waals surface area contributed by atoms with Crippen LogP contribution < -0.4 is 5.32 Å². The molecule has 2 fully saturated rings. The summed E-state index contributed by atoms with van der Waals surface area (Å²) < 4.78 is 64.3. The van der Waals surface area contributed by atoms with Crippen molar-refractivity contribution in [2.75, 3.05) is 7.05 Å². The van der Waals surface area contributed by atoms with Crippen LogP contribution in [0.5, 0.6) is 0 Å². The van der Waals surface area contributed by atoms with Crippen LogP contribution in [0.15, 0.2) is 29.3 Å². The number of amidine groups is 1. The Morgan fingerprint density at radius 2 is 2.07 bits per heavy atom. The van der Waals surface area contributed by atoms with Gasteiger partial charge >= 0.3 is 6.18 Å². The van der Waals surface area contributed by atoms with E-state index >= 15 is 0 Å². The highest BCUT2D eigenvalue weighted by Crippen LogP contribution is 2.39. The van der Waals surface area contributed by atoms with E-state index in [1.165, 1.54) is 19.2 Å².